The van der Waals surface area contributed by atoms with Crippen LogP contribution in [0.15, 0.2) is 73.2 Å². The number of hydrogen-bond donors (Lipinski definition) is 0. The lowest BCUT2D eigenvalue weighted by Crippen LogP contribution is -2.46. The molecule has 0 amide bonds. The number of Topliss-reactive ketones (excluding diaryl/α,β-unsaturated/α-hetero) is 1. The lowest BCUT2D eigenvalue weighted by molar-refractivity contribution is -0.127. The quantitative estimate of drug-likeness (QED) is 0.408. The van der Waals surface area contributed by atoms with E-state index in [-0.39, 0.29) is 11.9 Å². The Morgan fingerprint density at radius 2 is 1.64 bits per heavy atom. The molecule has 0 N–H and O–H groups in total. The zero-order valence-corrected chi connectivity index (χ0v) is 20.2. The van der Waals surface area contributed by atoms with E-state index in [1.807, 2.05) is 36.8 Å². The highest BCUT2D eigenvalue weighted by Gasteiger charge is 2.23. The van der Waals surface area contributed by atoms with Crippen LogP contribution in [0, 0.1) is 0 Å². The van der Waals surface area contributed by atoms with Gasteiger partial charge in [-0.2, -0.15) is 0 Å². The second-order valence-electron chi connectivity index (χ2n) is 9.45. The molecule has 4 heterocycles. The van der Waals surface area contributed by atoms with Crippen LogP contribution < -0.4 is 9.80 Å². The molecule has 0 spiro atoms. The fourth-order valence-electron chi connectivity index (χ4n) is 5.04. The van der Waals surface area contributed by atoms with E-state index in [2.05, 4.69) is 56.2 Å². The zero-order chi connectivity index (χ0) is 24.3. The second-order valence-corrected chi connectivity index (χ2v) is 9.45. The number of hydrogen-bond acceptors (Lipinski definition) is 7. The van der Waals surface area contributed by atoms with Gasteiger partial charge in [-0.25, -0.2) is 4.98 Å². The van der Waals surface area contributed by atoms with Crippen LogP contribution in [0.25, 0.3) is 22.2 Å². The van der Waals surface area contributed by atoms with E-state index in [0.717, 1.165) is 72.6 Å². The van der Waals surface area contributed by atoms with Crippen LogP contribution in [0.4, 0.5) is 11.5 Å². The molecule has 1 unspecified atom stereocenters. The van der Waals surface area contributed by atoms with Crippen molar-refractivity contribution in [3.05, 3.63) is 78.8 Å². The molecule has 0 aliphatic carbocycles. The summed E-state index contributed by atoms with van der Waals surface area (Å²) in [7, 11) is 0. The summed E-state index contributed by atoms with van der Waals surface area (Å²) in [6, 6.07) is 18.6. The summed E-state index contributed by atoms with van der Waals surface area (Å²) in [5, 5.41) is 0. The standard InChI is InChI=1S/C29H29N5O2/c35-27(28-2-1-17-36-28)18-21-3-5-22(6-4-21)23-7-8-25-26(19-23)32-29(20-31-25)34-15-13-33(14-16-34)24-9-11-30-12-10-24/h3-12,19-20,28H,1-2,13-18H2. The van der Waals surface area contributed by atoms with Gasteiger partial charge in [-0.05, 0) is 53.8 Å². The van der Waals surface area contributed by atoms with Gasteiger partial charge in [-0.3, -0.25) is 14.8 Å². The predicted octanol–water partition coefficient (Wildman–Crippen LogP) is 4.31. The molecule has 2 aliphatic rings. The number of benzene rings is 2. The number of fused-ring (bicyclic) bond motifs is 1. The van der Waals surface area contributed by atoms with Crippen molar-refractivity contribution in [3.63, 3.8) is 0 Å². The highest BCUT2D eigenvalue weighted by atomic mass is 16.5. The van der Waals surface area contributed by atoms with Crippen molar-refractivity contribution in [2.24, 2.45) is 0 Å². The summed E-state index contributed by atoms with van der Waals surface area (Å²) in [6.07, 6.45) is 7.58. The first kappa shape index (κ1) is 22.6. The van der Waals surface area contributed by atoms with Gasteiger partial charge in [0.25, 0.3) is 0 Å². The minimum Gasteiger partial charge on any atom is -0.370 e. The number of piperazine rings is 1. The van der Waals surface area contributed by atoms with Gasteiger partial charge in [0.1, 0.15) is 11.9 Å². The van der Waals surface area contributed by atoms with Crippen LogP contribution >= 0.6 is 0 Å². The third-order valence-corrected chi connectivity index (χ3v) is 7.12. The molecule has 6 rings (SSSR count). The number of pyridine rings is 1. The lowest BCUT2D eigenvalue weighted by atomic mass is 9.99. The van der Waals surface area contributed by atoms with E-state index in [1.54, 1.807) is 0 Å². The Morgan fingerprint density at radius 3 is 2.39 bits per heavy atom. The number of anilines is 2. The van der Waals surface area contributed by atoms with E-state index >= 15 is 0 Å². The van der Waals surface area contributed by atoms with Gasteiger partial charge < -0.3 is 14.5 Å². The molecule has 2 aromatic carbocycles. The molecule has 1 atom stereocenters. The van der Waals surface area contributed by atoms with Crippen LogP contribution in [0.1, 0.15) is 18.4 Å². The highest BCUT2D eigenvalue weighted by Crippen LogP contribution is 2.26. The van der Waals surface area contributed by atoms with Crippen molar-refractivity contribution in [1.29, 1.82) is 0 Å². The SMILES string of the molecule is O=C(Cc1ccc(-c2ccc3ncc(N4CCN(c5ccncc5)CC4)nc3c2)cc1)C1CCCO1. The highest BCUT2D eigenvalue weighted by molar-refractivity contribution is 5.86. The van der Waals surface area contributed by atoms with Gasteiger partial charge in [-0.1, -0.05) is 30.3 Å². The number of rotatable bonds is 6. The molecular formula is C29H29N5O2. The number of carbonyl (C=O) groups is 1. The van der Waals surface area contributed by atoms with Crippen molar-refractivity contribution in [3.8, 4) is 11.1 Å². The van der Waals surface area contributed by atoms with E-state index in [9.17, 15) is 4.79 Å². The van der Waals surface area contributed by atoms with Crippen molar-refractivity contribution in [2.45, 2.75) is 25.4 Å². The number of aromatic nitrogens is 3. The third-order valence-electron chi connectivity index (χ3n) is 7.12. The van der Waals surface area contributed by atoms with Gasteiger partial charge in [0, 0.05) is 57.3 Å². The molecule has 0 radical (unpaired) electrons. The molecule has 7 nitrogen and oxygen atoms in total. The van der Waals surface area contributed by atoms with Crippen LogP contribution in [0.3, 0.4) is 0 Å². The molecule has 2 aromatic heterocycles. The second kappa shape index (κ2) is 10.0. The maximum Gasteiger partial charge on any atom is 0.165 e. The average Bonchev–Trinajstić information content (AvgIpc) is 3.49. The summed E-state index contributed by atoms with van der Waals surface area (Å²) in [4.78, 5) is 30.9. The molecule has 0 saturated carbocycles. The van der Waals surface area contributed by atoms with Gasteiger partial charge in [0.15, 0.2) is 5.78 Å². The molecule has 2 saturated heterocycles. The Morgan fingerprint density at radius 1 is 0.889 bits per heavy atom. The molecule has 36 heavy (non-hydrogen) atoms. The first-order valence-corrected chi connectivity index (χ1v) is 12.6. The van der Waals surface area contributed by atoms with E-state index < -0.39 is 0 Å². The molecule has 2 fully saturated rings. The number of ether oxygens (including phenoxy) is 1. The molecule has 182 valence electrons. The van der Waals surface area contributed by atoms with Crippen molar-refractivity contribution in [2.75, 3.05) is 42.6 Å². The van der Waals surface area contributed by atoms with Gasteiger partial charge >= 0.3 is 0 Å². The number of nitrogens with zero attached hydrogens (tertiary/aromatic N) is 5. The largest absolute Gasteiger partial charge is 0.370 e. The lowest BCUT2D eigenvalue weighted by Gasteiger charge is -2.36. The molecule has 0 bridgehead atoms. The minimum absolute atomic E-state index is 0.176. The Kier molecular flexibility index (Phi) is 6.30. The molecule has 4 aromatic rings. The van der Waals surface area contributed by atoms with Crippen LogP contribution in [-0.4, -0.2) is 59.6 Å². The Hall–Kier alpha value is -3.84. The van der Waals surface area contributed by atoms with Crippen LogP contribution in [0.5, 0.6) is 0 Å². The normalized spacial score (nSPS) is 18.1. The Bertz CT molecular complexity index is 1350. The van der Waals surface area contributed by atoms with Crippen molar-refractivity contribution >= 4 is 28.3 Å². The van der Waals surface area contributed by atoms with Gasteiger partial charge in [0.2, 0.25) is 0 Å². The first-order chi connectivity index (χ1) is 17.7. The maximum absolute atomic E-state index is 12.4. The predicted molar refractivity (Wildman–Crippen MR) is 141 cm³/mol. The fourth-order valence-corrected chi connectivity index (χ4v) is 5.04. The number of carbonyl (C=O) groups excluding carboxylic acids is 1. The molecule has 2 aliphatic heterocycles. The Labute approximate surface area is 210 Å². The summed E-state index contributed by atoms with van der Waals surface area (Å²) in [5.41, 5.74) is 6.20. The first-order valence-electron chi connectivity index (χ1n) is 12.6. The minimum atomic E-state index is -0.225. The summed E-state index contributed by atoms with van der Waals surface area (Å²) < 4.78 is 5.53. The summed E-state index contributed by atoms with van der Waals surface area (Å²) >= 11 is 0. The van der Waals surface area contributed by atoms with E-state index in [4.69, 9.17) is 9.72 Å². The van der Waals surface area contributed by atoms with E-state index in [0.29, 0.717) is 13.0 Å². The Balaban J connectivity index is 1.15. The van der Waals surface area contributed by atoms with Crippen molar-refractivity contribution < 1.29 is 9.53 Å². The van der Waals surface area contributed by atoms with E-state index in [1.165, 1.54) is 5.69 Å². The molecule has 7 heteroatoms. The smallest absolute Gasteiger partial charge is 0.165 e. The molecular weight excluding hydrogens is 450 g/mol. The van der Waals surface area contributed by atoms with Crippen LogP contribution in [-0.2, 0) is 16.0 Å². The summed E-state index contributed by atoms with van der Waals surface area (Å²) in [5.74, 6) is 1.09. The fraction of sp³-hybridized carbons (Fsp3) is 0.310. The van der Waals surface area contributed by atoms with Gasteiger partial charge in [0.05, 0.1) is 17.2 Å². The average molecular weight is 480 g/mol. The zero-order valence-electron chi connectivity index (χ0n) is 20.2. The topological polar surface area (TPSA) is 71.5 Å². The monoisotopic (exact) mass is 479 g/mol. The van der Waals surface area contributed by atoms with Gasteiger partial charge in [-0.15, -0.1) is 0 Å². The third kappa shape index (κ3) is 4.79. The maximum atomic E-state index is 12.4. The van der Waals surface area contributed by atoms with Crippen molar-refractivity contribution in [1.82, 2.24) is 15.0 Å². The van der Waals surface area contributed by atoms with Crippen LogP contribution in [0.2, 0.25) is 0 Å². The number of ketones is 1. The summed E-state index contributed by atoms with van der Waals surface area (Å²) in [6.45, 7) is 4.36.